The van der Waals surface area contributed by atoms with Crippen LogP contribution in [0.25, 0.3) is 0 Å². The fourth-order valence-electron chi connectivity index (χ4n) is 1.39. The normalized spacial score (nSPS) is 12.7. The standard InChI is InChI=1S/C10H10BrN3S/c11-10-2-1-9(15-10)7(5-12)8-6-13-3-4-14-8/h1-4,6-7H,5,12H2. The van der Waals surface area contributed by atoms with E-state index >= 15 is 0 Å². The molecule has 0 aliphatic rings. The third kappa shape index (κ3) is 2.42. The van der Waals surface area contributed by atoms with Crippen molar-refractivity contribution in [2.45, 2.75) is 5.92 Å². The van der Waals surface area contributed by atoms with E-state index in [4.69, 9.17) is 5.73 Å². The zero-order valence-electron chi connectivity index (χ0n) is 7.93. The van der Waals surface area contributed by atoms with Crippen molar-refractivity contribution < 1.29 is 0 Å². The zero-order valence-corrected chi connectivity index (χ0v) is 10.3. The lowest BCUT2D eigenvalue weighted by atomic mass is 10.0. The second-order valence-corrected chi connectivity index (χ2v) is 5.56. The minimum Gasteiger partial charge on any atom is -0.329 e. The van der Waals surface area contributed by atoms with E-state index in [1.165, 1.54) is 4.88 Å². The Morgan fingerprint density at radius 1 is 1.40 bits per heavy atom. The molecule has 0 aliphatic heterocycles. The average molecular weight is 284 g/mol. The molecular weight excluding hydrogens is 274 g/mol. The molecular formula is C10H10BrN3S. The van der Waals surface area contributed by atoms with Crippen molar-refractivity contribution in [1.82, 2.24) is 9.97 Å². The van der Waals surface area contributed by atoms with E-state index in [9.17, 15) is 0 Å². The van der Waals surface area contributed by atoms with Crippen LogP contribution in [0, 0.1) is 0 Å². The quantitative estimate of drug-likeness (QED) is 0.941. The number of hydrogen-bond donors (Lipinski definition) is 1. The van der Waals surface area contributed by atoms with Gasteiger partial charge in [0.25, 0.3) is 0 Å². The van der Waals surface area contributed by atoms with Gasteiger partial charge in [-0.05, 0) is 28.1 Å². The molecule has 0 radical (unpaired) electrons. The Labute approximate surface area is 101 Å². The van der Waals surface area contributed by atoms with Crippen LogP contribution in [0.1, 0.15) is 16.5 Å². The molecule has 15 heavy (non-hydrogen) atoms. The topological polar surface area (TPSA) is 51.8 Å². The molecule has 0 amide bonds. The van der Waals surface area contributed by atoms with Crippen LogP contribution in [-0.4, -0.2) is 16.5 Å². The van der Waals surface area contributed by atoms with Gasteiger partial charge in [-0.15, -0.1) is 11.3 Å². The molecule has 0 aromatic carbocycles. The van der Waals surface area contributed by atoms with Crippen LogP contribution in [0.2, 0.25) is 0 Å². The predicted molar refractivity (Wildman–Crippen MR) is 64.9 cm³/mol. The summed E-state index contributed by atoms with van der Waals surface area (Å²) >= 11 is 5.13. The molecule has 2 rings (SSSR count). The molecule has 0 saturated carbocycles. The van der Waals surface area contributed by atoms with Crippen molar-refractivity contribution in [3.63, 3.8) is 0 Å². The Balaban J connectivity index is 2.33. The molecule has 0 spiro atoms. The highest BCUT2D eigenvalue weighted by atomic mass is 79.9. The Morgan fingerprint density at radius 3 is 2.80 bits per heavy atom. The highest BCUT2D eigenvalue weighted by Crippen LogP contribution is 2.30. The highest BCUT2D eigenvalue weighted by Gasteiger charge is 2.15. The molecule has 1 unspecified atom stereocenters. The van der Waals surface area contributed by atoms with Crippen LogP contribution in [0.15, 0.2) is 34.5 Å². The second kappa shape index (κ2) is 4.83. The van der Waals surface area contributed by atoms with E-state index in [2.05, 4.69) is 32.0 Å². The molecule has 0 fully saturated rings. The molecule has 2 aromatic rings. The largest absolute Gasteiger partial charge is 0.329 e. The summed E-state index contributed by atoms with van der Waals surface area (Å²) < 4.78 is 1.11. The van der Waals surface area contributed by atoms with Gasteiger partial charge in [-0.1, -0.05) is 0 Å². The number of rotatable bonds is 3. The molecule has 2 heterocycles. The van der Waals surface area contributed by atoms with Gasteiger partial charge in [0, 0.05) is 35.9 Å². The Morgan fingerprint density at radius 2 is 2.27 bits per heavy atom. The Kier molecular flexibility index (Phi) is 3.45. The summed E-state index contributed by atoms with van der Waals surface area (Å²) in [7, 11) is 0. The van der Waals surface area contributed by atoms with Crippen molar-refractivity contribution in [3.8, 4) is 0 Å². The summed E-state index contributed by atoms with van der Waals surface area (Å²) in [6.07, 6.45) is 5.13. The van der Waals surface area contributed by atoms with Gasteiger partial charge in [0.2, 0.25) is 0 Å². The minimum atomic E-state index is 0.148. The first kappa shape index (κ1) is 10.7. The minimum absolute atomic E-state index is 0.148. The molecule has 5 heteroatoms. The lowest BCUT2D eigenvalue weighted by Crippen LogP contribution is -2.14. The summed E-state index contributed by atoms with van der Waals surface area (Å²) in [5, 5.41) is 0. The van der Waals surface area contributed by atoms with E-state index in [0.29, 0.717) is 6.54 Å². The van der Waals surface area contributed by atoms with Crippen molar-refractivity contribution in [2.75, 3.05) is 6.54 Å². The molecule has 0 bridgehead atoms. The Hall–Kier alpha value is -0.780. The molecule has 3 nitrogen and oxygen atoms in total. The summed E-state index contributed by atoms with van der Waals surface area (Å²) in [5.74, 6) is 0.148. The van der Waals surface area contributed by atoms with Crippen LogP contribution < -0.4 is 5.73 Å². The van der Waals surface area contributed by atoms with E-state index in [-0.39, 0.29) is 5.92 Å². The van der Waals surface area contributed by atoms with Crippen LogP contribution in [0.3, 0.4) is 0 Å². The summed E-state index contributed by atoms with van der Waals surface area (Å²) in [6, 6.07) is 4.10. The van der Waals surface area contributed by atoms with Crippen LogP contribution >= 0.6 is 27.3 Å². The summed E-state index contributed by atoms with van der Waals surface area (Å²) in [6.45, 7) is 0.547. The van der Waals surface area contributed by atoms with Crippen molar-refractivity contribution >= 4 is 27.3 Å². The molecule has 2 N–H and O–H groups in total. The predicted octanol–water partition coefficient (Wildman–Crippen LogP) is 2.39. The third-order valence-electron chi connectivity index (χ3n) is 2.11. The highest BCUT2D eigenvalue weighted by molar-refractivity contribution is 9.11. The van der Waals surface area contributed by atoms with Gasteiger partial charge >= 0.3 is 0 Å². The molecule has 78 valence electrons. The van der Waals surface area contributed by atoms with Gasteiger partial charge in [0.15, 0.2) is 0 Å². The lowest BCUT2D eigenvalue weighted by Gasteiger charge is -2.10. The molecule has 1 atom stereocenters. The fraction of sp³-hybridized carbons (Fsp3) is 0.200. The van der Waals surface area contributed by atoms with Crippen LogP contribution in [-0.2, 0) is 0 Å². The van der Waals surface area contributed by atoms with Crippen molar-refractivity contribution in [1.29, 1.82) is 0 Å². The first-order valence-corrected chi connectivity index (χ1v) is 6.13. The van der Waals surface area contributed by atoms with Crippen molar-refractivity contribution in [2.24, 2.45) is 5.73 Å². The van der Waals surface area contributed by atoms with Gasteiger partial charge in [-0.25, -0.2) is 0 Å². The number of halogens is 1. The van der Waals surface area contributed by atoms with Gasteiger partial charge in [-0.3, -0.25) is 9.97 Å². The fourth-order valence-corrected chi connectivity index (χ4v) is 2.94. The monoisotopic (exact) mass is 283 g/mol. The maximum absolute atomic E-state index is 5.77. The smallest absolute Gasteiger partial charge is 0.0701 e. The number of nitrogens with zero attached hydrogens (tertiary/aromatic N) is 2. The number of aromatic nitrogens is 2. The second-order valence-electron chi connectivity index (χ2n) is 3.06. The number of hydrogen-bond acceptors (Lipinski definition) is 4. The average Bonchev–Trinajstić information content (AvgIpc) is 2.68. The van der Waals surface area contributed by atoms with Gasteiger partial charge in [0.1, 0.15) is 0 Å². The number of thiophene rings is 1. The van der Waals surface area contributed by atoms with E-state index in [1.807, 2.05) is 6.07 Å². The van der Waals surface area contributed by atoms with Gasteiger partial charge in [0.05, 0.1) is 9.48 Å². The first-order chi connectivity index (χ1) is 7.31. The van der Waals surface area contributed by atoms with Crippen molar-refractivity contribution in [3.05, 3.63) is 45.1 Å². The lowest BCUT2D eigenvalue weighted by molar-refractivity contribution is 0.793. The number of nitrogens with two attached hydrogens (primary N) is 1. The SMILES string of the molecule is NCC(c1cnccn1)c1ccc(Br)s1. The third-order valence-corrected chi connectivity index (χ3v) is 3.85. The zero-order chi connectivity index (χ0) is 10.7. The maximum Gasteiger partial charge on any atom is 0.0701 e. The van der Waals surface area contributed by atoms with E-state index < -0.39 is 0 Å². The summed E-state index contributed by atoms with van der Waals surface area (Å²) in [5.41, 5.74) is 6.69. The first-order valence-electron chi connectivity index (χ1n) is 4.52. The van der Waals surface area contributed by atoms with Crippen LogP contribution in [0.5, 0.6) is 0 Å². The maximum atomic E-state index is 5.77. The molecule has 2 aromatic heterocycles. The van der Waals surface area contributed by atoms with E-state index in [0.717, 1.165) is 9.48 Å². The molecule has 0 aliphatic carbocycles. The summed E-state index contributed by atoms with van der Waals surface area (Å²) in [4.78, 5) is 9.56. The van der Waals surface area contributed by atoms with Gasteiger partial charge < -0.3 is 5.73 Å². The Bertz CT molecular complexity index is 429. The van der Waals surface area contributed by atoms with E-state index in [1.54, 1.807) is 29.9 Å². The van der Waals surface area contributed by atoms with Crippen LogP contribution in [0.4, 0.5) is 0 Å². The van der Waals surface area contributed by atoms with Gasteiger partial charge in [-0.2, -0.15) is 0 Å². The molecule has 0 saturated heterocycles.